The minimum Gasteiger partial charge on any atom is -0.380 e. The van der Waals surface area contributed by atoms with Gasteiger partial charge in [0, 0.05) is 19.1 Å². The van der Waals surface area contributed by atoms with Crippen molar-refractivity contribution in [3.05, 3.63) is 35.4 Å². The lowest BCUT2D eigenvalue weighted by Crippen LogP contribution is -2.45. The molecule has 1 unspecified atom stereocenters. The number of carbonyl (C=O) groups excluding carboxylic acids is 1. The van der Waals surface area contributed by atoms with Gasteiger partial charge in [0.05, 0.1) is 0 Å². The molecule has 1 saturated carbocycles. The fourth-order valence-electron chi connectivity index (χ4n) is 2.43. The van der Waals surface area contributed by atoms with Crippen LogP contribution in [0, 0.1) is 5.92 Å². The van der Waals surface area contributed by atoms with Gasteiger partial charge in [-0.05, 0) is 57.7 Å². The summed E-state index contributed by atoms with van der Waals surface area (Å²) in [6, 6.07) is 8.79. The predicted octanol–water partition coefficient (Wildman–Crippen LogP) is 2.30. The normalized spacial score (nSPS) is 17.6. The summed E-state index contributed by atoms with van der Waals surface area (Å²) in [5.74, 6) is -0.139. The monoisotopic (exact) mass is 304 g/mol. The van der Waals surface area contributed by atoms with Crippen molar-refractivity contribution in [1.29, 1.82) is 0 Å². The third-order valence-electron chi connectivity index (χ3n) is 4.62. The molecule has 0 radical (unpaired) electrons. The molecule has 1 aliphatic rings. The summed E-state index contributed by atoms with van der Waals surface area (Å²) in [5, 5.41) is 13.0. The van der Waals surface area contributed by atoms with Crippen LogP contribution in [0.5, 0.6) is 0 Å². The van der Waals surface area contributed by atoms with E-state index in [2.05, 4.69) is 43.2 Å². The number of hydrogen-bond acceptors (Lipinski definition) is 3. The molecule has 1 aromatic rings. The number of rotatable bonds is 7. The highest BCUT2D eigenvalue weighted by atomic mass is 16.3. The van der Waals surface area contributed by atoms with Gasteiger partial charge in [-0.2, -0.15) is 0 Å². The second-order valence-corrected chi connectivity index (χ2v) is 6.93. The molecule has 4 heteroatoms. The summed E-state index contributed by atoms with van der Waals surface area (Å²) in [6.45, 7) is 7.35. The molecular weight excluding hydrogens is 276 g/mol. The van der Waals surface area contributed by atoms with Crippen LogP contribution >= 0.6 is 0 Å². The SMILES string of the molecule is CC(C)N(C)Cc1ccc(CNC(=O)C(C)(O)C2CC2)cc1. The standard InChI is InChI=1S/C18H28N2O2/c1-13(2)20(4)12-15-7-5-14(6-8-15)11-19-17(21)18(3,22)16-9-10-16/h5-8,13,16,22H,9-12H2,1-4H3,(H,19,21). The van der Waals surface area contributed by atoms with Crippen LogP contribution in [0.15, 0.2) is 24.3 Å². The van der Waals surface area contributed by atoms with Crippen molar-refractivity contribution in [1.82, 2.24) is 10.2 Å². The lowest BCUT2D eigenvalue weighted by molar-refractivity contribution is -0.140. The van der Waals surface area contributed by atoms with Crippen LogP contribution < -0.4 is 5.32 Å². The number of nitrogens with one attached hydrogen (secondary N) is 1. The minimum atomic E-state index is -1.22. The maximum atomic E-state index is 12.0. The van der Waals surface area contributed by atoms with Crippen molar-refractivity contribution in [2.45, 2.75) is 58.3 Å². The zero-order valence-electron chi connectivity index (χ0n) is 14.1. The molecule has 1 atom stereocenters. The lowest BCUT2D eigenvalue weighted by atomic mass is 9.99. The van der Waals surface area contributed by atoms with Crippen LogP contribution in [0.3, 0.4) is 0 Å². The van der Waals surface area contributed by atoms with Gasteiger partial charge in [-0.15, -0.1) is 0 Å². The van der Waals surface area contributed by atoms with Crippen molar-refractivity contribution in [2.75, 3.05) is 7.05 Å². The molecule has 0 saturated heterocycles. The van der Waals surface area contributed by atoms with Crippen LogP contribution in [-0.2, 0) is 17.9 Å². The Morgan fingerprint density at radius 3 is 2.36 bits per heavy atom. The van der Waals surface area contributed by atoms with E-state index in [-0.39, 0.29) is 11.8 Å². The number of amides is 1. The molecule has 1 amide bonds. The molecule has 1 aromatic carbocycles. The van der Waals surface area contributed by atoms with E-state index >= 15 is 0 Å². The Hall–Kier alpha value is -1.39. The summed E-state index contributed by atoms with van der Waals surface area (Å²) >= 11 is 0. The molecule has 122 valence electrons. The minimum absolute atomic E-state index is 0.126. The van der Waals surface area contributed by atoms with E-state index in [0.29, 0.717) is 12.6 Å². The average Bonchev–Trinajstić information content (AvgIpc) is 3.31. The van der Waals surface area contributed by atoms with Crippen molar-refractivity contribution in [3.63, 3.8) is 0 Å². The number of benzene rings is 1. The van der Waals surface area contributed by atoms with Crippen LogP contribution in [0.1, 0.15) is 44.7 Å². The van der Waals surface area contributed by atoms with Gasteiger partial charge in [-0.25, -0.2) is 0 Å². The van der Waals surface area contributed by atoms with Gasteiger partial charge >= 0.3 is 0 Å². The summed E-state index contributed by atoms with van der Waals surface area (Å²) < 4.78 is 0. The fraction of sp³-hybridized carbons (Fsp3) is 0.611. The maximum Gasteiger partial charge on any atom is 0.252 e. The largest absolute Gasteiger partial charge is 0.380 e. The molecule has 0 spiro atoms. The van der Waals surface area contributed by atoms with Gasteiger partial charge in [-0.3, -0.25) is 9.69 Å². The van der Waals surface area contributed by atoms with Crippen molar-refractivity contribution in [3.8, 4) is 0 Å². The van der Waals surface area contributed by atoms with Gasteiger partial charge in [0.1, 0.15) is 5.60 Å². The van der Waals surface area contributed by atoms with E-state index in [1.165, 1.54) is 5.56 Å². The highest BCUT2D eigenvalue weighted by Gasteiger charge is 2.45. The number of aliphatic hydroxyl groups is 1. The van der Waals surface area contributed by atoms with E-state index in [1.54, 1.807) is 6.92 Å². The first-order chi connectivity index (χ1) is 10.3. The highest BCUT2D eigenvalue weighted by molar-refractivity contribution is 5.85. The Labute approximate surface area is 133 Å². The summed E-state index contributed by atoms with van der Waals surface area (Å²) in [6.07, 6.45) is 1.89. The second kappa shape index (κ2) is 6.80. The second-order valence-electron chi connectivity index (χ2n) is 6.93. The molecule has 1 fully saturated rings. The molecule has 4 nitrogen and oxygen atoms in total. The van der Waals surface area contributed by atoms with E-state index in [4.69, 9.17) is 0 Å². The third kappa shape index (κ3) is 4.31. The number of nitrogens with zero attached hydrogens (tertiary/aromatic N) is 1. The Morgan fingerprint density at radius 1 is 1.32 bits per heavy atom. The summed E-state index contributed by atoms with van der Waals surface area (Å²) in [7, 11) is 2.11. The molecule has 0 aliphatic heterocycles. The van der Waals surface area contributed by atoms with Gasteiger partial charge in [0.15, 0.2) is 0 Å². The molecule has 2 N–H and O–H groups in total. The molecule has 0 aromatic heterocycles. The van der Waals surface area contributed by atoms with Crippen LogP contribution in [0.25, 0.3) is 0 Å². The first kappa shape index (κ1) is 17.0. The Morgan fingerprint density at radius 2 is 1.86 bits per heavy atom. The number of hydrogen-bond donors (Lipinski definition) is 2. The predicted molar refractivity (Wildman–Crippen MR) is 88.2 cm³/mol. The fourth-order valence-corrected chi connectivity index (χ4v) is 2.43. The quantitative estimate of drug-likeness (QED) is 0.813. The van der Waals surface area contributed by atoms with Crippen molar-refractivity contribution in [2.24, 2.45) is 5.92 Å². The van der Waals surface area contributed by atoms with Crippen molar-refractivity contribution >= 4 is 5.91 Å². The molecule has 2 rings (SSSR count). The van der Waals surface area contributed by atoms with Gasteiger partial charge in [0.25, 0.3) is 5.91 Å². The lowest BCUT2D eigenvalue weighted by Gasteiger charge is -2.22. The molecule has 0 bridgehead atoms. The van der Waals surface area contributed by atoms with E-state index in [0.717, 1.165) is 24.9 Å². The highest BCUT2D eigenvalue weighted by Crippen LogP contribution is 2.39. The molecule has 1 aliphatic carbocycles. The average molecular weight is 304 g/mol. The van der Waals surface area contributed by atoms with Crippen LogP contribution in [-0.4, -0.2) is 34.6 Å². The smallest absolute Gasteiger partial charge is 0.252 e. The molecule has 22 heavy (non-hydrogen) atoms. The van der Waals surface area contributed by atoms with E-state index in [9.17, 15) is 9.90 Å². The van der Waals surface area contributed by atoms with Gasteiger partial charge < -0.3 is 10.4 Å². The van der Waals surface area contributed by atoms with Crippen LogP contribution in [0.4, 0.5) is 0 Å². The first-order valence-corrected chi connectivity index (χ1v) is 8.09. The van der Waals surface area contributed by atoms with Crippen LogP contribution in [0.2, 0.25) is 0 Å². The summed E-state index contributed by atoms with van der Waals surface area (Å²) in [4.78, 5) is 14.3. The zero-order chi connectivity index (χ0) is 16.3. The third-order valence-corrected chi connectivity index (χ3v) is 4.62. The Bertz CT molecular complexity index is 504. The maximum absolute atomic E-state index is 12.0. The van der Waals surface area contributed by atoms with E-state index in [1.807, 2.05) is 12.1 Å². The topological polar surface area (TPSA) is 52.6 Å². The van der Waals surface area contributed by atoms with Gasteiger partial charge in [0.2, 0.25) is 0 Å². The summed E-state index contributed by atoms with van der Waals surface area (Å²) in [5.41, 5.74) is 1.09. The van der Waals surface area contributed by atoms with E-state index < -0.39 is 5.60 Å². The molecular formula is C18H28N2O2. The number of carbonyl (C=O) groups is 1. The van der Waals surface area contributed by atoms with Crippen molar-refractivity contribution < 1.29 is 9.90 Å². The zero-order valence-corrected chi connectivity index (χ0v) is 14.1. The molecule has 0 heterocycles. The van der Waals surface area contributed by atoms with Gasteiger partial charge in [-0.1, -0.05) is 24.3 Å². The first-order valence-electron chi connectivity index (χ1n) is 8.09. The Kier molecular flexibility index (Phi) is 5.24. The Balaban J connectivity index is 1.85.